The van der Waals surface area contributed by atoms with Crippen molar-refractivity contribution in [1.82, 2.24) is 0 Å². The van der Waals surface area contributed by atoms with E-state index >= 15 is 0 Å². The zero-order valence-corrected chi connectivity index (χ0v) is 15.6. The van der Waals surface area contributed by atoms with E-state index in [1.165, 1.54) is 36.4 Å². The summed E-state index contributed by atoms with van der Waals surface area (Å²) in [6.45, 7) is -1.33. The van der Waals surface area contributed by atoms with E-state index in [0.717, 1.165) is 6.07 Å². The molecule has 0 aliphatic rings. The van der Waals surface area contributed by atoms with Gasteiger partial charge in [0.25, 0.3) is 0 Å². The molecule has 0 radical (unpaired) electrons. The van der Waals surface area contributed by atoms with Gasteiger partial charge in [0.1, 0.15) is 24.5 Å². The predicted molar refractivity (Wildman–Crippen MR) is 99.5 cm³/mol. The van der Waals surface area contributed by atoms with Crippen LogP contribution in [0.5, 0.6) is 5.75 Å². The number of carbonyl (C=O) groups excluding carboxylic acids is 3. The second-order valence-corrected chi connectivity index (χ2v) is 5.70. The first-order valence-corrected chi connectivity index (χ1v) is 8.63. The molecule has 2 rings (SSSR count). The lowest BCUT2D eigenvalue weighted by molar-refractivity contribution is 0.0416. The first-order valence-electron chi connectivity index (χ1n) is 8.63. The van der Waals surface area contributed by atoms with Gasteiger partial charge in [-0.3, -0.25) is 0 Å². The summed E-state index contributed by atoms with van der Waals surface area (Å²) in [5, 5.41) is 26.5. The molecule has 0 fully saturated rings. The van der Waals surface area contributed by atoms with E-state index in [1.807, 2.05) is 0 Å². The SMILES string of the molecule is O=C(O)c1ccc(C(=O)Oc2cc(C(=O)OCCO)ccc2C(=O)OCCO)cc1. The van der Waals surface area contributed by atoms with Crippen LogP contribution in [0, 0.1) is 0 Å². The lowest BCUT2D eigenvalue weighted by atomic mass is 10.1. The quantitative estimate of drug-likeness (QED) is 0.395. The molecular formula is C20H18O10. The minimum absolute atomic E-state index is 0.00272. The zero-order valence-electron chi connectivity index (χ0n) is 15.6. The topological polar surface area (TPSA) is 157 Å². The number of benzene rings is 2. The maximum atomic E-state index is 12.4. The summed E-state index contributed by atoms with van der Waals surface area (Å²) in [5.41, 5.74) is -0.264. The molecule has 158 valence electrons. The Balaban J connectivity index is 2.32. The molecule has 0 aromatic heterocycles. The van der Waals surface area contributed by atoms with Crippen molar-refractivity contribution in [3.8, 4) is 5.75 Å². The third-order valence-electron chi connectivity index (χ3n) is 3.66. The molecule has 0 unspecified atom stereocenters. The Hall–Kier alpha value is -3.76. The van der Waals surface area contributed by atoms with E-state index in [0.29, 0.717) is 0 Å². The van der Waals surface area contributed by atoms with Crippen molar-refractivity contribution in [1.29, 1.82) is 0 Å². The summed E-state index contributed by atoms with van der Waals surface area (Å²) in [7, 11) is 0. The molecule has 0 amide bonds. The molecule has 30 heavy (non-hydrogen) atoms. The van der Waals surface area contributed by atoms with Gasteiger partial charge in [0.15, 0.2) is 0 Å². The molecule has 2 aromatic carbocycles. The normalized spacial score (nSPS) is 10.2. The van der Waals surface area contributed by atoms with Gasteiger partial charge in [-0.1, -0.05) is 0 Å². The molecule has 2 aromatic rings. The second-order valence-electron chi connectivity index (χ2n) is 5.70. The summed E-state index contributed by atoms with van der Waals surface area (Å²) in [4.78, 5) is 47.5. The highest BCUT2D eigenvalue weighted by Gasteiger charge is 2.21. The van der Waals surface area contributed by atoms with Crippen LogP contribution >= 0.6 is 0 Å². The molecule has 0 saturated carbocycles. The van der Waals surface area contributed by atoms with Crippen molar-refractivity contribution in [3.63, 3.8) is 0 Å². The number of ether oxygens (including phenoxy) is 3. The number of aliphatic hydroxyl groups excluding tert-OH is 2. The third kappa shape index (κ3) is 5.87. The minimum Gasteiger partial charge on any atom is -0.478 e. The average Bonchev–Trinajstić information content (AvgIpc) is 2.75. The Morgan fingerprint density at radius 3 is 1.80 bits per heavy atom. The number of aromatic carboxylic acids is 1. The van der Waals surface area contributed by atoms with Crippen molar-refractivity contribution < 1.29 is 48.7 Å². The standard InChI is InChI=1S/C20H18O10/c21-7-9-28-18(25)14-5-6-15(20(27)29-10-8-22)16(11-14)30-19(26)13-3-1-12(2-4-13)17(23)24/h1-6,11,21-22H,7-10H2,(H,23,24). The fourth-order valence-corrected chi connectivity index (χ4v) is 2.25. The minimum atomic E-state index is -1.17. The Morgan fingerprint density at radius 2 is 1.23 bits per heavy atom. The lowest BCUT2D eigenvalue weighted by Gasteiger charge is -2.12. The summed E-state index contributed by atoms with van der Waals surface area (Å²) < 4.78 is 14.8. The number of carboxylic acids is 1. The van der Waals surface area contributed by atoms with Crippen molar-refractivity contribution in [3.05, 3.63) is 64.7 Å². The van der Waals surface area contributed by atoms with E-state index in [1.54, 1.807) is 0 Å². The van der Waals surface area contributed by atoms with Gasteiger partial charge in [0.2, 0.25) is 0 Å². The zero-order chi connectivity index (χ0) is 22.1. The summed E-state index contributed by atoms with van der Waals surface area (Å²) in [6.07, 6.45) is 0. The fraction of sp³-hybridized carbons (Fsp3) is 0.200. The van der Waals surface area contributed by atoms with Crippen LogP contribution in [0.3, 0.4) is 0 Å². The van der Waals surface area contributed by atoms with Gasteiger partial charge in [-0.25, -0.2) is 19.2 Å². The number of esters is 3. The smallest absolute Gasteiger partial charge is 0.343 e. The van der Waals surface area contributed by atoms with E-state index in [9.17, 15) is 19.2 Å². The first kappa shape index (κ1) is 22.5. The highest BCUT2D eigenvalue weighted by Crippen LogP contribution is 2.24. The van der Waals surface area contributed by atoms with Crippen LogP contribution in [0.25, 0.3) is 0 Å². The number of rotatable bonds is 9. The number of aliphatic hydroxyl groups is 2. The molecule has 10 heteroatoms. The maximum absolute atomic E-state index is 12.4. The maximum Gasteiger partial charge on any atom is 0.343 e. The first-order chi connectivity index (χ1) is 14.4. The summed E-state index contributed by atoms with van der Waals surface area (Å²) in [6, 6.07) is 8.40. The summed E-state index contributed by atoms with van der Waals surface area (Å²) in [5.74, 6) is -4.10. The van der Waals surface area contributed by atoms with Crippen LogP contribution in [0.1, 0.15) is 41.4 Å². The number of carboxylic acid groups (broad SMARTS) is 1. The molecule has 0 aliphatic carbocycles. The van der Waals surface area contributed by atoms with Crippen molar-refractivity contribution in [2.45, 2.75) is 0 Å². The Morgan fingerprint density at radius 1 is 0.700 bits per heavy atom. The van der Waals surface area contributed by atoms with E-state index < -0.39 is 30.5 Å². The largest absolute Gasteiger partial charge is 0.478 e. The van der Waals surface area contributed by atoms with Gasteiger partial charge in [0.05, 0.1) is 29.9 Å². The second kappa shape index (κ2) is 10.7. The monoisotopic (exact) mass is 418 g/mol. The van der Waals surface area contributed by atoms with Gasteiger partial charge in [-0.05, 0) is 42.5 Å². The molecule has 3 N–H and O–H groups in total. The summed E-state index contributed by atoms with van der Waals surface area (Å²) >= 11 is 0. The van der Waals surface area contributed by atoms with E-state index in [2.05, 4.69) is 0 Å². The molecule has 0 saturated heterocycles. The molecule has 0 heterocycles. The highest BCUT2D eigenvalue weighted by molar-refractivity contribution is 5.99. The van der Waals surface area contributed by atoms with E-state index in [4.69, 9.17) is 29.5 Å². The van der Waals surface area contributed by atoms with Crippen molar-refractivity contribution in [2.75, 3.05) is 26.4 Å². The molecule has 0 atom stereocenters. The van der Waals surface area contributed by atoms with Crippen molar-refractivity contribution in [2.24, 2.45) is 0 Å². The molecule has 0 aliphatic heterocycles. The Kier molecular flexibility index (Phi) is 8.03. The third-order valence-corrected chi connectivity index (χ3v) is 3.66. The van der Waals surface area contributed by atoms with Crippen LogP contribution in [-0.2, 0) is 9.47 Å². The highest BCUT2D eigenvalue weighted by atomic mass is 16.6. The molecule has 0 spiro atoms. The van der Waals surface area contributed by atoms with Crippen LogP contribution in [0.4, 0.5) is 0 Å². The average molecular weight is 418 g/mol. The number of hydrogen-bond donors (Lipinski definition) is 3. The molecule has 0 bridgehead atoms. The lowest BCUT2D eigenvalue weighted by Crippen LogP contribution is -2.16. The van der Waals surface area contributed by atoms with E-state index in [-0.39, 0.29) is 47.8 Å². The molecular weight excluding hydrogens is 400 g/mol. The van der Waals surface area contributed by atoms with Crippen LogP contribution in [-0.4, -0.2) is 65.6 Å². The van der Waals surface area contributed by atoms with Crippen LogP contribution < -0.4 is 4.74 Å². The van der Waals surface area contributed by atoms with Gasteiger partial charge < -0.3 is 29.5 Å². The number of carbonyl (C=O) groups is 4. The molecule has 10 nitrogen and oxygen atoms in total. The predicted octanol–water partition coefficient (Wildman–Crippen LogP) is 0.902. The van der Waals surface area contributed by atoms with Gasteiger partial charge >= 0.3 is 23.9 Å². The van der Waals surface area contributed by atoms with Crippen LogP contribution in [0.2, 0.25) is 0 Å². The van der Waals surface area contributed by atoms with Gasteiger partial charge in [0, 0.05) is 0 Å². The van der Waals surface area contributed by atoms with Crippen molar-refractivity contribution >= 4 is 23.9 Å². The van der Waals surface area contributed by atoms with Crippen LogP contribution in [0.15, 0.2) is 42.5 Å². The fourth-order valence-electron chi connectivity index (χ4n) is 2.25. The van der Waals surface area contributed by atoms with Gasteiger partial charge in [-0.15, -0.1) is 0 Å². The Labute approximate surface area is 170 Å². The number of hydrogen-bond acceptors (Lipinski definition) is 9. The Bertz CT molecular complexity index is 933. The van der Waals surface area contributed by atoms with Gasteiger partial charge in [-0.2, -0.15) is 0 Å².